The molecule has 1 unspecified atom stereocenters. The molecule has 18 heavy (non-hydrogen) atoms. The molecule has 0 radical (unpaired) electrons. The standard InChI is InChI=1S/C16H23PS/c1-3-8-14-12-13-17(18,16(14)9-4-2)15-10-6-5-7-11-15/h5-7,10-11H,3-4,8-9,12-13H2,1-2H3. The van der Waals surface area contributed by atoms with Gasteiger partial charge in [0.1, 0.15) is 0 Å². The fourth-order valence-corrected chi connectivity index (χ4v) is 7.64. The average molecular weight is 278 g/mol. The number of hydrogen-bond acceptors (Lipinski definition) is 1. The molecule has 1 aromatic rings. The first kappa shape index (κ1) is 14.2. The Bertz CT molecular complexity index is 424. The van der Waals surface area contributed by atoms with Crippen LogP contribution in [0.3, 0.4) is 0 Å². The highest BCUT2D eigenvalue weighted by Crippen LogP contribution is 2.69. The lowest BCUT2D eigenvalue weighted by Crippen LogP contribution is -2.10. The summed E-state index contributed by atoms with van der Waals surface area (Å²) < 4.78 is 0. The van der Waals surface area contributed by atoms with Gasteiger partial charge in [-0.1, -0.05) is 38.5 Å². The van der Waals surface area contributed by atoms with E-state index in [0.29, 0.717) is 0 Å². The summed E-state index contributed by atoms with van der Waals surface area (Å²) in [4.78, 5) is 0. The van der Waals surface area contributed by atoms with Gasteiger partial charge in [-0.25, -0.2) is 0 Å². The van der Waals surface area contributed by atoms with Crippen LogP contribution in [0.15, 0.2) is 41.2 Å². The summed E-state index contributed by atoms with van der Waals surface area (Å²) in [6.07, 6.45) is 7.47. The van der Waals surface area contributed by atoms with Crippen LogP contribution >= 0.6 is 6.46 Å². The Hall–Kier alpha value is -0.260. The van der Waals surface area contributed by atoms with Crippen LogP contribution < -0.4 is 5.30 Å². The SMILES string of the molecule is CCCC1=C(CCC)[P+]([S-])(c2ccccc2)CC1. The van der Waals surface area contributed by atoms with Crippen LogP contribution in [0, 0.1) is 0 Å². The Kier molecular flexibility index (Phi) is 4.92. The van der Waals surface area contributed by atoms with E-state index in [0.717, 1.165) is 0 Å². The lowest BCUT2D eigenvalue weighted by atomic mass is 10.1. The lowest BCUT2D eigenvalue weighted by Gasteiger charge is -2.31. The van der Waals surface area contributed by atoms with Gasteiger partial charge in [-0.2, -0.15) is 0 Å². The van der Waals surface area contributed by atoms with E-state index in [-0.39, 0.29) is 0 Å². The quantitative estimate of drug-likeness (QED) is 0.536. The van der Waals surface area contributed by atoms with Crippen molar-refractivity contribution >= 4 is 24.0 Å². The minimum absolute atomic E-state index is 1.22. The molecule has 2 heteroatoms. The predicted molar refractivity (Wildman–Crippen MR) is 86.7 cm³/mol. The summed E-state index contributed by atoms with van der Waals surface area (Å²) >= 11 is 6.16. The van der Waals surface area contributed by atoms with E-state index in [2.05, 4.69) is 44.2 Å². The number of rotatable bonds is 5. The van der Waals surface area contributed by atoms with Crippen molar-refractivity contribution in [2.24, 2.45) is 0 Å². The molecule has 1 aliphatic heterocycles. The first-order valence-electron chi connectivity index (χ1n) is 7.08. The predicted octanol–water partition coefficient (Wildman–Crippen LogP) is 5.05. The van der Waals surface area contributed by atoms with Crippen molar-refractivity contribution in [3.63, 3.8) is 0 Å². The highest BCUT2D eigenvalue weighted by molar-refractivity contribution is 8.47. The van der Waals surface area contributed by atoms with Gasteiger partial charge in [0.05, 0.1) is 16.8 Å². The van der Waals surface area contributed by atoms with Crippen LogP contribution in [0.25, 0.3) is 0 Å². The van der Waals surface area contributed by atoms with Crippen molar-refractivity contribution in [2.45, 2.75) is 46.0 Å². The van der Waals surface area contributed by atoms with E-state index >= 15 is 0 Å². The zero-order valence-corrected chi connectivity index (χ0v) is 13.2. The van der Waals surface area contributed by atoms with Gasteiger partial charge in [0.2, 0.25) is 0 Å². The second kappa shape index (κ2) is 6.26. The molecule has 0 aromatic heterocycles. The summed E-state index contributed by atoms with van der Waals surface area (Å²) in [5.74, 6) is 0. The van der Waals surface area contributed by atoms with Crippen LogP contribution in [0.5, 0.6) is 0 Å². The third-order valence-electron chi connectivity index (χ3n) is 3.78. The van der Waals surface area contributed by atoms with Gasteiger partial charge in [-0.05, 0) is 37.0 Å². The van der Waals surface area contributed by atoms with Gasteiger partial charge in [0.25, 0.3) is 0 Å². The smallest absolute Gasteiger partial charge is 0.0774 e. The highest BCUT2D eigenvalue weighted by Gasteiger charge is 2.37. The molecule has 0 aliphatic carbocycles. The first-order valence-corrected chi connectivity index (χ1v) is 10.1. The van der Waals surface area contributed by atoms with Crippen molar-refractivity contribution in [3.8, 4) is 0 Å². The molecule has 0 bridgehead atoms. The van der Waals surface area contributed by atoms with E-state index in [4.69, 9.17) is 12.2 Å². The monoisotopic (exact) mass is 278 g/mol. The Labute approximate surface area is 117 Å². The summed E-state index contributed by atoms with van der Waals surface area (Å²) in [6.45, 7) is 3.13. The van der Waals surface area contributed by atoms with Crippen LogP contribution in [-0.4, -0.2) is 6.16 Å². The van der Waals surface area contributed by atoms with Gasteiger partial charge in [0, 0.05) is 12.8 Å². The number of hydrogen-bond donors (Lipinski definition) is 0. The number of allylic oxidation sites excluding steroid dienone is 2. The molecular formula is C16H23PS. The van der Waals surface area contributed by atoms with Crippen LogP contribution in [0.1, 0.15) is 46.0 Å². The maximum Gasteiger partial charge on any atom is 0.0774 e. The van der Waals surface area contributed by atoms with Crippen molar-refractivity contribution in [1.29, 1.82) is 0 Å². The third kappa shape index (κ3) is 2.68. The van der Waals surface area contributed by atoms with Crippen molar-refractivity contribution < 1.29 is 0 Å². The Morgan fingerprint density at radius 1 is 1.06 bits per heavy atom. The van der Waals surface area contributed by atoms with Crippen LogP contribution in [0.2, 0.25) is 0 Å². The molecule has 0 nitrogen and oxygen atoms in total. The van der Waals surface area contributed by atoms with Crippen molar-refractivity contribution in [1.82, 2.24) is 0 Å². The molecule has 0 spiro atoms. The zero-order chi connectivity index (χ0) is 13.0. The molecule has 0 amide bonds. The molecule has 1 aliphatic rings. The summed E-state index contributed by atoms with van der Waals surface area (Å²) in [6, 6.07) is 10.9. The normalized spacial score (nSPS) is 23.7. The maximum atomic E-state index is 6.16. The fraction of sp³-hybridized carbons (Fsp3) is 0.500. The Morgan fingerprint density at radius 3 is 2.33 bits per heavy atom. The lowest BCUT2D eigenvalue weighted by molar-refractivity contribution is 0.843. The summed E-state index contributed by atoms with van der Waals surface area (Å²) in [5.41, 5.74) is 1.70. The van der Waals surface area contributed by atoms with E-state index in [1.54, 1.807) is 10.9 Å². The van der Waals surface area contributed by atoms with Crippen LogP contribution in [0.4, 0.5) is 0 Å². The Balaban J connectivity index is 2.38. The second-order valence-corrected chi connectivity index (χ2v) is 9.95. The van der Waals surface area contributed by atoms with Crippen molar-refractivity contribution in [3.05, 3.63) is 41.2 Å². The molecule has 1 aromatic carbocycles. The maximum absolute atomic E-state index is 6.16. The van der Waals surface area contributed by atoms with Gasteiger partial charge >= 0.3 is 0 Å². The number of benzene rings is 1. The van der Waals surface area contributed by atoms with E-state index in [1.807, 2.05) is 0 Å². The van der Waals surface area contributed by atoms with E-state index in [1.165, 1.54) is 43.6 Å². The van der Waals surface area contributed by atoms with Gasteiger partial charge in [-0.15, -0.1) is 0 Å². The van der Waals surface area contributed by atoms with E-state index in [9.17, 15) is 0 Å². The molecule has 0 saturated heterocycles. The van der Waals surface area contributed by atoms with E-state index < -0.39 is 6.46 Å². The average Bonchev–Trinajstić information content (AvgIpc) is 2.71. The second-order valence-electron chi connectivity index (χ2n) is 5.10. The van der Waals surface area contributed by atoms with Crippen molar-refractivity contribution in [2.75, 3.05) is 6.16 Å². The van der Waals surface area contributed by atoms with Crippen LogP contribution in [-0.2, 0) is 12.2 Å². The molecule has 2 rings (SSSR count). The molecule has 0 saturated carbocycles. The molecule has 1 heterocycles. The molecule has 1 atom stereocenters. The Morgan fingerprint density at radius 2 is 1.72 bits per heavy atom. The largest absolute Gasteiger partial charge is 0.546 e. The van der Waals surface area contributed by atoms with Gasteiger partial charge < -0.3 is 12.2 Å². The molecular weight excluding hydrogens is 255 g/mol. The molecule has 0 N–H and O–H groups in total. The van der Waals surface area contributed by atoms with Gasteiger partial charge in [-0.3, -0.25) is 0 Å². The minimum atomic E-state index is -1.42. The summed E-state index contributed by atoms with van der Waals surface area (Å²) in [5, 5.41) is 3.11. The zero-order valence-electron chi connectivity index (χ0n) is 11.5. The first-order chi connectivity index (χ1) is 8.72. The minimum Gasteiger partial charge on any atom is -0.546 e. The molecule has 0 fully saturated rings. The summed E-state index contributed by atoms with van der Waals surface area (Å²) in [7, 11) is 0. The highest BCUT2D eigenvalue weighted by atomic mass is 32.7. The molecule has 98 valence electrons. The fourth-order valence-electron chi connectivity index (χ4n) is 2.95. The third-order valence-corrected chi connectivity index (χ3v) is 9.02. The topological polar surface area (TPSA) is 0 Å². The van der Waals surface area contributed by atoms with Gasteiger partial charge in [0.15, 0.2) is 0 Å².